The third-order valence-corrected chi connectivity index (χ3v) is 5.02. The number of aromatic nitrogens is 1. The van der Waals surface area contributed by atoms with Crippen LogP contribution in [0.2, 0.25) is 0 Å². The highest BCUT2D eigenvalue weighted by molar-refractivity contribution is 5.72. The van der Waals surface area contributed by atoms with E-state index >= 15 is 0 Å². The van der Waals surface area contributed by atoms with Crippen molar-refractivity contribution in [2.24, 2.45) is 5.92 Å². The molecule has 1 aliphatic rings. The van der Waals surface area contributed by atoms with Gasteiger partial charge in [-0.25, -0.2) is 0 Å². The molecular weight excluding hydrogens is 324 g/mol. The van der Waals surface area contributed by atoms with Crippen LogP contribution in [0.4, 0.5) is 0 Å². The Morgan fingerprint density at radius 3 is 2.69 bits per heavy atom. The van der Waals surface area contributed by atoms with E-state index in [0.717, 1.165) is 44.5 Å². The van der Waals surface area contributed by atoms with Crippen LogP contribution in [0.15, 0.2) is 42.7 Å². The number of rotatable bonds is 6. The van der Waals surface area contributed by atoms with Gasteiger partial charge in [-0.05, 0) is 55.5 Å². The van der Waals surface area contributed by atoms with Gasteiger partial charge in [0.15, 0.2) is 0 Å². The van der Waals surface area contributed by atoms with E-state index in [1.165, 1.54) is 16.7 Å². The lowest BCUT2D eigenvalue weighted by Gasteiger charge is -2.31. The first-order chi connectivity index (χ1) is 12.7. The lowest BCUT2D eigenvalue weighted by molar-refractivity contribution is -0.150. The zero-order valence-corrected chi connectivity index (χ0v) is 15.8. The normalized spacial score (nSPS) is 17.8. The number of likely N-dealkylation sites (tertiary alicyclic amines) is 1. The minimum Gasteiger partial charge on any atom is -0.466 e. The number of ether oxygens (including phenoxy) is 1. The van der Waals surface area contributed by atoms with E-state index < -0.39 is 0 Å². The van der Waals surface area contributed by atoms with Gasteiger partial charge in [-0.3, -0.25) is 14.7 Å². The van der Waals surface area contributed by atoms with E-state index in [1.807, 2.05) is 19.3 Å². The molecular formula is C22H28N2O2. The average Bonchev–Trinajstić information content (AvgIpc) is 2.69. The van der Waals surface area contributed by atoms with Crippen molar-refractivity contribution in [1.82, 2.24) is 9.88 Å². The quantitative estimate of drug-likeness (QED) is 0.735. The second kappa shape index (κ2) is 8.95. The summed E-state index contributed by atoms with van der Waals surface area (Å²) in [6, 6.07) is 10.9. The van der Waals surface area contributed by atoms with Gasteiger partial charge < -0.3 is 4.74 Å². The van der Waals surface area contributed by atoms with Gasteiger partial charge in [-0.1, -0.05) is 31.2 Å². The molecule has 0 saturated carbocycles. The lowest BCUT2D eigenvalue weighted by atomic mass is 9.97. The van der Waals surface area contributed by atoms with Gasteiger partial charge in [-0.2, -0.15) is 0 Å². The summed E-state index contributed by atoms with van der Waals surface area (Å²) in [7, 11) is 0. The monoisotopic (exact) mass is 352 g/mol. The molecule has 1 unspecified atom stereocenters. The fraction of sp³-hybridized carbons (Fsp3) is 0.455. The van der Waals surface area contributed by atoms with Crippen molar-refractivity contribution < 1.29 is 9.53 Å². The predicted octanol–water partition coefficient (Wildman–Crippen LogP) is 4.09. The number of benzene rings is 1. The molecule has 0 aliphatic carbocycles. The molecule has 0 bridgehead atoms. The van der Waals surface area contributed by atoms with Gasteiger partial charge in [0.05, 0.1) is 12.5 Å². The molecule has 1 aromatic heterocycles. The van der Waals surface area contributed by atoms with Crippen molar-refractivity contribution in [2.45, 2.75) is 39.7 Å². The summed E-state index contributed by atoms with van der Waals surface area (Å²) in [6.45, 7) is 7.10. The van der Waals surface area contributed by atoms with E-state index in [1.54, 1.807) is 0 Å². The van der Waals surface area contributed by atoms with Gasteiger partial charge in [0.2, 0.25) is 0 Å². The Morgan fingerprint density at radius 1 is 1.15 bits per heavy atom. The van der Waals surface area contributed by atoms with E-state index in [9.17, 15) is 4.79 Å². The molecule has 0 amide bonds. The summed E-state index contributed by atoms with van der Waals surface area (Å²) in [6.07, 6.45) is 6.86. The summed E-state index contributed by atoms with van der Waals surface area (Å²) in [5.74, 6) is -0.0541. The van der Waals surface area contributed by atoms with E-state index in [0.29, 0.717) is 6.61 Å². The summed E-state index contributed by atoms with van der Waals surface area (Å²) < 4.78 is 5.20. The van der Waals surface area contributed by atoms with Gasteiger partial charge in [-0.15, -0.1) is 0 Å². The number of hydrogen-bond donors (Lipinski definition) is 0. The van der Waals surface area contributed by atoms with Crippen molar-refractivity contribution in [1.29, 1.82) is 0 Å². The molecule has 2 heterocycles. The van der Waals surface area contributed by atoms with Crippen molar-refractivity contribution in [3.05, 3.63) is 53.9 Å². The van der Waals surface area contributed by atoms with Crippen molar-refractivity contribution in [3.8, 4) is 11.1 Å². The fourth-order valence-electron chi connectivity index (χ4n) is 3.57. The van der Waals surface area contributed by atoms with Crippen LogP contribution < -0.4 is 0 Å². The van der Waals surface area contributed by atoms with Gasteiger partial charge in [0.1, 0.15) is 0 Å². The minimum atomic E-state index is -0.0555. The smallest absolute Gasteiger partial charge is 0.310 e. The third kappa shape index (κ3) is 4.70. The molecule has 26 heavy (non-hydrogen) atoms. The number of esters is 1. The molecule has 1 saturated heterocycles. The SMILES string of the molecule is CCOC(=O)C1CCCN(Cc2cncc(-c3ccc(CC)cc3)c2)C1. The summed E-state index contributed by atoms with van der Waals surface area (Å²) in [5.41, 5.74) is 4.87. The molecule has 1 aromatic carbocycles. The van der Waals surface area contributed by atoms with Crippen LogP contribution in [0.25, 0.3) is 11.1 Å². The number of pyridine rings is 1. The Kier molecular flexibility index (Phi) is 6.40. The van der Waals surface area contributed by atoms with Crippen LogP contribution in [0.1, 0.15) is 37.8 Å². The first-order valence-electron chi connectivity index (χ1n) is 9.61. The fourth-order valence-corrected chi connectivity index (χ4v) is 3.57. The number of carbonyl (C=O) groups is 1. The summed E-state index contributed by atoms with van der Waals surface area (Å²) in [5, 5.41) is 0. The number of hydrogen-bond acceptors (Lipinski definition) is 4. The second-order valence-electron chi connectivity index (χ2n) is 6.96. The minimum absolute atomic E-state index is 0.00132. The molecule has 0 radical (unpaired) electrons. The van der Waals surface area contributed by atoms with Crippen molar-refractivity contribution in [3.63, 3.8) is 0 Å². The number of nitrogens with zero attached hydrogens (tertiary/aromatic N) is 2. The maximum Gasteiger partial charge on any atom is 0.310 e. The zero-order valence-electron chi connectivity index (χ0n) is 15.8. The van der Waals surface area contributed by atoms with Crippen LogP contribution in [0.3, 0.4) is 0 Å². The lowest BCUT2D eigenvalue weighted by Crippen LogP contribution is -2.38. The maximum absolute atomic E-state index is 12.0. The van der Waals surface area contributed by atoms with Crippen LogP contribution in [0.5, 0.6) is 0 Å². The van der Waals surface area contributed by atoms with Gasteiger partial charge >= 0.3 is 5.97 Å². The Hall–Kier alpha value is -2.20. The highest BCUT2D eigenvalue weighted by Crippen LogP contribution is 2.23. The molecule has 0 N–H and O–H groups in total. The molecule has 1 atom stereocenters. The number of carbonyl (C=O) groups excluding carboxylic acids is 1. The molecule has 2 aromatic rings. The van der Waals surface area contributed by atoms with Gasteiger partial charge in [0, 0.05) is 31.0 Å². The topological polar surface area (TPSA) is 42.4 Å². The molecule has 1 fully saturated rings. The molecule has 0 spiro atoms. The number of piperidine rings is 1. The first kappa shape index (κ1) is 18.6. The molecule has 4 nitrogen and oxygen atoms in total. The highest BCUT2D eigenvalue weighted by Gasteiger charge is 2.26. The third-order valence-electron chi connectivity index (χ3n) is 5.02. The van der Waals surface area contributed by atoms with Crippen molar-refractivity contribution >= 4 is 5.97 Å². The summed E-state index contributed by atoms with van der Waals surface area (Å²) in [4.78, 5) is 18.8. The first-order valence-corrected chi connectivity index (χ1v) is 9.61. The Bertz CT molecular complexity index is 727. The van der Waals surface area contributed by atoms with E-state index in [-0.39, 0.29) is 11.9 Å². The average molecular weight is 352 g/mol. The number of aryl methyl sites for hydroxylation is 1. The summed E-state index contributed by atoms with van der Waals surface area (Å²) >= 11 is 0. The largest absolute Gasteiger partial charge is 0.466 e. The highest BCUT2D eigenvalue weighted by atomic mass is 16.5. The van der Waals surface area contributed by atoms with E-state index in [4.69, 9.17) is 4.74 Å². The standard InChI is InChI=1S/C22H28N2O2/c1-3-17-7-9-19(10-8-17)21-12-18(13-23-14-21)15-24-11-5-6-20(16-24)22(25)26-4-2/h7-10,12-14,20H,3-6,11,15-16H2,1-2H3. The predicted molar refractivity (Wildman–Crippen MR) is 104 cm³/mol. The van der Waals surface area contributed by atoms with Crippen LogP contribution in [-0.4, -0.2) is 35.5 Å². The molecule has 3 rings (SSSR count). The Labute approximate surface area is 156 Å². The Morgan fingerprint density at radius 2 is 1.96 bits per heavy atom. The Balaban J connectivity index is 1.67. The molecule has 1 aliphatic heterocycles. The molecule has 4 heteroatoms. The second-order valence-corrected chi connectivity index (χ2v) is 6.96. The van der Waals surface area contributed by atoms with Crippen LogP contribution in [-0.2, 0) is 22.5 Å². The van der Waals surface area contributed by atoms with E-state index in [2.05, 4.69) is 47.1 Å². The maximum atomic E-state index is 12.0. The van der Waals surface area contributed by atoms with Gasteiger partial charge in [0.25, 0.3) is 0 Å². The molecule has 138 valence electrons. The van der Waals surface area contributed by atoms with Crippen LogP contribution in [0, 0.1) is 5.92 Å². The zero-order chi connectivity index (χ0) is 18.4. The van der Waals surface area contributed by atoms with Crippen molar-refractivity contribution in [2.75, 3.05) is 19.7 Å². The van der Waals surface area contributed by atoms with Crippen LogP contribution >= 0.6 is 0 Å².